The fraction of sp³-hybridized carbons (Fsp3) is 0.200. The molecule has 0 amide bonds. The molecule has 0 unspecified atom stereocenters. The molecule has 2 aromatic rings. The molecule has 0 N–H and O–H groups in total. The van der Waals surface area contributed by atoms with Crippen LogP contribution in [0.15, 0.2) is 40.9 Å². The molecule has 2 rings (SSSR count). The molecule has 0 aliphatic heterocycles. The number of rotatable bonds is 1. The lowest BCUT2D eigenvalue weighted by molar-refractivity contribution is 1.36. The Hall–Kier alpha value is -1.08. The lowest BCUT2D eigenvalue weighted by atomic mass is 9.95. The van der Waals surface area contributed by atoms with E-state index in [1.54, 1.807) is 0 Å². The minimum absolute atomic E-state index is 1.16. The molecule has 0 aliphatic rings. The molecular formula is C15H15Br. The second-order valence-electron chi connectivity index (χ2n) is 4.25. The Labute approximate surface area is 105 Å². The molecule has 16 heavy (non-hydrogen) atoms. The monoisotopic (exact) mass is 274 g/mol. The number of benzene rings is 2. The first-order valence-corrected chi connectivity index (χ1v) is 6.21. The lowest BCUT2D eigenvalue weighted by Gasteiger charge is -2.12. The van der Waals surface area contributed by atoms with Crippen LogP contribution >= 0.6 is 15.9 Å². The summed E-state index contributed by atoms with van der Waals surface area (Å²) in [6.07, 6.45) is 0. The quantitative estimate of drug-likeness (QED) is 0.683. The molecule has 0 nitrogen and oxygen atoms in total. The minimum Gasteiger partial charge on any atom is -0.0617 e. The van der Waals surface area contributed by atoms with Gasteiger partial charge >= 0.3 is 0 Å². The second kappa shape index (κ2) is 4.42. The summed E-state index contributed by atoms with van der Waals surface area (Å²) in [4.78, 5) is 0. The van der Waals surface area contributed by atoms with Crippen molar-refractivity contribution in [1.82, 2.24) is 0 Å². The number of aryl methyl sites for hydroxylation is 3. The Morgan fingerprint density at radius 2 is 1.50 bits per heavy atom. The third-order valence-corrected chi connectivity index (χ3v) is 3.56. The zero-order valence-corrected chi connectivity index (χ0v) is 11.4. The first kappa shape index (κ1) is 11.4. The van der Waals surface area contributed by atoms with Crippen LogP contribution < -0.4 is 0 Å². The SMILES string of the molecule is Cc1ccc(Br)c(-c2c(C)cccc2C)c1. The molecule has 0 radical (unpaired) electrons. The molecule has 0 atom stereocenters. The molecule has 0 saturated carbocycles. The van der Waals surface area contributed by atoms with Gasteiger partial charge in [0.1, 0.15) is 0 Å². The van der Waals surface area contributed by atoms with Crippen molar-refractivity contribution in [2.24, 2.45) is 0 Å². The summed E-state index contributed by atoms with van der Waals surface area (Å²) in [5.74, 6) is 0. The Morgan fingerprint density at radius 3 is 2.12 bits per heavy atom. The van der Waals surface area contributed by atoms with E-state index in [0.29, 0.717) is 0 Å². The van der Waals surface area contributed by atoms with Crippen molar-refractivity contribution >= 4 is 15.9 Å². The van der Waals surface area contributed by atoms with Crippen LogP contribution in [0.5, 0.6) is 0 Å². The molecule has 0 aromatic heterocycles. The first-order chi connectivity index (χ1) is 7.59. The number of hydrogen-bond donors (Lipinski definition) is 0. The molecule has 1 heteroatoms. The lowest BCUT2D eigenvalue weighted by Crippen LogP contribution is -1.89. The Morgan fingerprint density at radius 1 is 0.875 bits per heavy atom. The van der Waals surface area contributed by atoms with Gasteiger partial charge in [0.15, 0.2) is 0 Å². The summed E-state index contributed by atoms with van der Waals surface area (Å²) in [5, 5.41) is 0. The Balaban J connectivity index is 2.72. The topological polar surface area (TPSA) is 0 Å². The van der Waals surface area contributed by atoms with Gasteiger partial charge in [-0.1, -0.05) is 51.8 Å². The molecule has 0 bridgehead atoms. The summed E-state index contributed by atoms with van der Waals surface area (Å²) >= 11 is 3.64. The van der Waals surface area contributed by atoms with Crippen LogP contribution in [-0.4, -0.2) is 0 Å². The van der Waals surface area contributed by atoms with Crippen LogP contribution in [0.4, 0.5) is 0 Å². The van der Waals surface area contributed by atoms with Crippen LogP contribution in [0.25, 0.3) is 11.1 Å². The third-order valence-electron chi connectivity index (χ3n) is 2.87. The molecule has 2 aromatic carbocycles. The highest BCUT2D eigenvalue weighted by Gasteiger charge is 2.08. The molecule has 0 saturated heterocycles. The van der Waals surface area contributed by atoms with E-state index in [4.69, 9.17) is 0 Å². The summed E-state index contributed by atoms with van der Waals surface area (Å²) < 4.78 is 1.16. The van der Waals surface area contributed by atoms with Gasteiger partial charge in [0.2, 0.25) is 0 Å². The largest absolute Gasteiger partial charge is 0.0617 e. The van der Waals surface area contributed by atoms with E-state index in [0.717, 1.165) is 4.47 Å². The van der Waals surface area contributed by atoms with E-state index in [1.807, 2.05) is 0 Å². The Bertz CT molecular complexity index is 507. The van der Waals surface area contributed by atoms with Crippen molar-refractivity contribution < 1.29 is 0 Å². The zero-order chi connectivity index (χ0) is 11.7. The summed E-state index contributed by atoms with van der Waals surface area (Å²) in [5.41, 5.74) is 6.58. The fourth-order valence-electron chi connectivity index (χ4n) is 2.07. The van der Waals surface area contributed by atoms with Crippen LogP contribution in [-0.2, 0) is 0 Å². The summed E-state index contributed by atoms with van der Waals surface area (Å²) in [7, 11) is 0. The smallest absolute Gasteiger partial charge is 0.0254 e. The molecule has 0 fully saturated rings. The predicted octanol–water partition coefficient (Wildman–Crippen LogP) is 5.04. The van der Waals surface area contributed by atoms with Gasteiger partial charge in [0.25, 0.3) is 0 Å². The Kier molecular flexibility index (Phi) is 3.15. The maximum Gasteiger partial charge on any atom is 0.0254 e. The molecule has 82 valence electrons. The number of halogens is 1. The van der Waals surface area contributed by atoms with Crippen molar-refractivity contribution in [3.8, 4) is 11.1 Å². The molecular weight excluding hydrogens is 260 g/mol. The molecule has 0 heterocycles. The zero-order valence-electron chi connectivity index (χ0n) is 9.84. The standard InChI is InChI=1S/C15H15Br/c1-10-7-8-14(16)13(9-10)15-11(2)5-4-6-12(15)3/h4-9H,1-3H3. The van der Waals surface area contributed by atoms with Gasteiger partial charge in [-0.2, -0.15) is 0 Å². The van der Waals surface area contributed by atoms with Crippen LogP contribution in [0.3, 0.4) is 0 Å². The minimum atomic E-state index is 1.16. The van der Waals surface area contributed by atoms with Crippen molar-refractivity contribution in [3.63, 3.8) is 0 Å². The van der Waals surface area contributed by atoms with Gasteiger partial charge in [0.05, 0.1) is 0 Å². The van der Waals surface area contributed by atoms with Crippen molar-refractivity contribution in [2.75, 3.05) is 0 Å². The van der Waals surface area contributed by atoms with Crippen molar-refractivity contribution in [1.29, 1.82) is 0 Å². The van der Waals surface area contributed by atoms with E-state index in [2.05, 4.69) is 73.1 Å². The van der Waals surface area contributed by atoms with Gasteiger partial charge in [-0.25, -0.2) is 0 Å². The van der Waals surface area contributed by atoms with Crippen LogP contribution in [0, 0.1) is 20.8 Å². The highest BCUT2D eigenvalue weighted by molar-refractivity contribution is 9.10. The van der Waals surface area contributed by atoms with E-state index in [1.165, 1.54) is 27.8 Å². The third kappa shape index (κ3) is 2.05. The van der Waals surface area contributed by atoms with Gasteiger partial charge in [-0.05, 0) is 49.1 Å². The average molecular weight is 275 g/mol. The highest BCUT2D eigenvalue weighted by atomic mass is 79.9. The average Bonchev–Trinajstić information content (AvgIpc) is 2.23. The second-order valence-corrected chi connectivity index (χ2v) is 5.10. The van der Waals surface area contributed by atoms with Gasteiger partial charge in [0, 0.05) is 4.47 Å². The molecule has 0 aliphatic carbocycles. The van der Waals surface area contributed by atoms with E-state index < -0.39 is 0 Å². The van der Waals surface area contributed by atoms with E-state index in [9.17, 15) is 0 Å². The van der Waals surface area contributed by atoms with Crippen LogP contribution in [0.1, 0.15) is 16.7 Å². The maximum atomic E-state index is 3.64. The van der Waals surface area contributed by atoms with Gasteiger partial charge < -0.3 is 0 Å². The first-order valence-electron chi connectivity index (χ1n) is 5.42. The molecule has 0 spiro atoms. The predicted molar refractivity (Wildman–Crippen MR) is 73.8 cm³/mol. The maximum absolute atomic E-state index is 3.64. The summed E-state index contributed by atoms with van der Waals surface area (Å²) in [6, 6.07) is 12.9. The van der Waals surface area contributed by atoms with Crippen molar-refractivity contribution in [3.05, 3.63) is 57.6 Å². The van der Waals surface area contributed by atoms with Gasteiger partial charge in [-0.3, -0.25) is 0 Å². The summed E-state index contributed by atoms with van der Waals surface area (Å²) in [6.45, 7) is 6.46. The normalized spacial score (nSPS) is 10.5. The number of hydrogen-bond acceptors (Lipinski definition) is 0. The van der Waals surface area contributed by atoms with E-state index >= 15 is 0 Å². The van der Waals surface area contributed by atoms with Crippen molar-refractivity contribution in [2.45, 2.75) is 20.8 Å². The van der Waals surface area contributed by atoms with Gasteiger partial charge in [-0.15, -0.1) is 0 Å². The highest BCUT2D eigenvalue weighted by Crippen LogP contribution is 2.33. The fourth-order valence-corrected chi connectivity index (χ4v) is 2.51. The van der Waals surface area contributed by atoms with Crippen LogP contribution in [0.2, 0.25) is 0 Å². The van der Waals surface area contributed by atoms with E-state index in [-0.39, 0.29) is 0 Å².